The van der Waals surface area contributed by atoms with Gasteiger partial charge in [-0.1, -0.05) is 0 Å². The van der Waals surface area contributed by atoms with Crippen LogP contribution in [0, 0.1) is 0 Å². The Morgan fingerprint density at radius 1 is 1.21 bits per heavy atom. The van der Waals surface area contributed by atoms with Crippen LogP contribution in [0.1, 0.15) is 33.7 Å². The Morgan fingerprint density at radius 2 is 2.00 bits per heavy atom. The second-order valence-electron chi connectivity index (χ2n) is 5.54. The lowest BCUT2D eigenvalue weighted by Gasteiger charge is -2.33. The third-order valence-corrected chi connectivity index (χ3v) is 3.83. The third-order valence-electron chi connectivity index (χ3n) is 3.83. The van der Waals surface area contributed by atoms with E-state index in [1.165, 1.54) is 18.3 Å². The highest BCUT2D eigenvalue weighted by Gasteiger charge is 2.24. The fraction of sp³-hybridized carbons (Fsp3) is 0.312. The Bertz CT molecular complexity index is 738. The monoisotopic (exact) mass is 327 g/mol. The van der Waals surface area contributed by atoms with E-state index in [9.17, 15) is 9.59 Å². The molecule has 3 rings (SSSR count). The Kier molecular flexibility index (Phi) is 4.64. The van der Waals surface area contributed by atoms with Crippen molar-refractivity contribution >= 4 is 17.8 Å². The number of hydrogen-bond acceptors (Lipinski definition) is 6. The molecule has 2 N–H and O–H groups in total. The molecule has 8 heteroatoms. The highest BCUT2D eigenvalue weighted by Crippen LogP contribution is 2.15. The number of aromatic carboxylic acids is 1. The SMILES string of the molecule is O=C(O)c1ccnc(C(=O)NC2CCCN(c3ncccn3)C2)c1. The number of piperidine rings is 1. The standard InChI is InChI=1S/C16H17N5O3/c22-14(13-9-11(15(23)24)4-7-17-13)20-12-3-1-8-21(10-12)16-18-5-2-6-19-16/h2,4-7,9,12H,1,3,8,10H2,(H,20,22)(H,23,24). The summed E-state index contributed by atoms with van der Waals surface area (Å²) in [5.74, 6) is -0.821. The molecule has 124 valence electrons. The highest BCUT2D eigenvalue weighted by molar-refractivity contribution is 5.95. The maximum absolute atomic E-state index is 12.3. The summed E-state index contributed by atoms with van der Waals surface area (Å²) in [5.41, 5.74) is 0.140. The van der Waals surface area contributed by atoms with E-state index in [1.807, 2.05) is 4.90 Å². The zero-order valence-corrected chi connectivity index (χ0v) is 12.9. The Morgan fingerprint density at radius 3 is 2.75 bits per heavy atom. The molecule has 2 aromatic heterocycles. The van der Waals surface area contributed by atoms with Crippen molar-refractivity contribution in [2.24, 2.45) is 0 Å². The summed E-state index contributed by atoms with van der Waals surface area (Å²) in [6.45, 7) is 1.44. The number of amides is 1. The number of nitrogens with one attached hydrogen (secondary N) is 1. The summed E-state index contributed by atoms with van der Waals surface area (Å²) in [7, 11) is 0. The Balaban J connectivity index is 1.66. The summed E-state index contributed by atoms with van der Waals surface area (Å²) in [4.78, 5) is 37.7. The molecule has 1 unspecified atom stereocenters. The van der Waals surface area contributed by atoms with Gasteiger partial charge in [-0.05, 0) is 31.0 Å². The average Bonchev–Trinajstić information content (AvgIpc) is 2.63. The highest BCUT2D eigenvalue weighted by atomic mass is 16.4. The fourth-order valence-corrected chi connectivity index (χ4v) is 2.68. The first-order valence-electron chi connectivity index (χ1n) is 7.65. The lowest BCUT2D eigenvalue weighted by Crippen LogP contribution is -2.48. The van der Waals surface area contributed by atoms with Crippen LogP contribution in [0.25, 0.3) is 0 Å². The van der Waals surface area contributed by atoms with Crippen LogP contribution in [-0.4, -0.2) is 51.1 Å². The molecular formula is C16H17N5O3. The van der Waals surface area contributed by atoms with Crippen molar-refractivity contribution in [3.05, 3.63) is 48.0 Å². The molecule has 1 saturated heterocycles. The minimum Gasteiger partial charge on any atom is -0.478 e. The number of carboxylic acid groups (broad SMARTS) is 1. The van der Waals surface area contributed by atoms with Crippen molar-refractivity contribution in [1.82, 2.24) is 20.3 Å². The van der Waals surface area contributed by atoms with Gasteiger partial charge in [0, 0.05) is 37.7 Å². The Hall–Kier alpha value is -3.03. The number of anilines is 1. The van der Waals surface area contributed by atoms with Crippen molar-refractivity contribution in [1.29, 1.82) is 0 Å². The maximum Gasteiger partial charge on any atom is 0.335 e. The topological polar surface area (TPSA) is 108 Å². The van der Waals surface area contributed by atoms with Crippen LogP contribution >= 0.6 is 0 Å². The average molecular weight is 327 g/mol. The van der Waals surface area contributed by atoms with Gasteiger partial charge < -0.3 is 15.3 Å². The smallest absolute Gasteiger partial charge is 0.335 e. The quantitative estimate of drug-likeness (QED) is 0.861. The molecule has 0 aliphatic carbocycles. The van der Waals surface area contributed by atoms with Gasteiger partial charge >= 0.3 is 5.97 Å². The van der Waals surface area contributed by atoms with E-state index < -0.39 is 5.97 Å². The largest absolute Gasteiger partial charge is 0.478 e. The molecule has 0 aromatic carbocycles. The van der Waals surface area contributed by atoms with E-state index in [2.05, 4.69) is 20.3 Å². The molecule has 1 amide bonds. The van der Waals surface area contributed by atoms with Crippen LogP contribution in [0.2, 0.25) is 0 Å². The second-order valence-corrected chi connectivity index (χ2v) is 5.54. The van der Waals surface area contributed by atoms with Crippen LogP contribution in [0.15, 0.2) is 36.8 Å². The number of pyridine rings is 1. The zero-order valence-electron chi connectivity index (χ0n) is 12.9. The van der Waals surface area contributed by atoms with Gasteiger partial charge in [-0.3, -0.25) is 9.78 Å². The van der Waals surface area contributed by atoms with Crippen LogP contribution < -0.4 is 10.2 Å². The summed E-state index contributed by atoms with van der Waals surface area (Å²) in [6, 6.07) is 4.32. The van der Waals surface area contributed by atoms with Crippen LogP contribution in [0.5, 0.6) is 0 Å². The lowest BCUT2D eigenvalue weighted by atomic mass is 10.1. The van der Waals surface area contributed by atoms with E-state index >= 15 is 0 Å². The van der Waals surface area contributed by atoms with Crippen LogP contribution in [0.3, 0.4) is 0 Å². The maximum atomic E-state index is 12.3. The van der Waals surface area contributed by atoms with E-state index in [0.717, 1.165) is 19.4 Å². The minimum absolute atomic E-state index is 0.0399. The summed E-state index contributed by atoms with van der Waals surface area (Å²) in [6.07, 6.45) is 6.44. The number of hydrogen-bond donors (Lipinski definition) is 2. The molecule has 2 aromatic rings. The molecule has 3 heterocycles. The van der Waals surface area contributed by atoms with E-state index in [-0.39, 0.29) is 23.2 Å². The van der Waals surface area contributed by atoms with Gasteiger partial charge in [-0.2, -0.15) is 0 Å². The first-order valence-corrected chi connectivity index (χ1v) is 7.65. The summed E-state index contributed by atoms with van der Waals surface area (Å²) in [5, 5.41) is 11.9. The van der Waals surface area contributed by atoms with Gasteiger partial charge in [-0.15, -0.1) is 0 Å². The molecule has 1 aliphatic rings. The molecule has 1 atom stereocenters. The van der Waals surface area contributed by atoms with Gasteiger partial charge in [0.15, 0.2) is 0 Å². The number of carbonyl (C=O) groups is 2. The molecule has 24 heavy (non-hydrogen) atoms. The van der Waals surface area contributed by atoms with Gasteiger partial charge in [0.25, 0.3) is 5.91 Å². The van der Waals surface area contributed by atoms with Gasteiger partial charge in [-0.25, -0.2) is 14.8 Å². The molecule has 0 saturated carbocycles. The number of rotatable bonds is 4. The van der Waals surface area contributed by atoms with Crippen LogP contribution in [0.4, 0.5) is 5.95 Å². The number of aromatic nitrogens is 3. The van der Waals surface area contributed by atoms with Gasteiger partial charge in [0.2, 0.25) is 5.95 Å². The molecule has 1 fully saturated rings. The molecular weight excluding hydrogens is 310 g/mol. The van der Waals surface area contributed by atoms with E-state index in [0.29, 0.717) is 12.5 Å². The van der Waals surface area contributed by atoms with Gasteiger partial charge in [0.05, 0.1) is 5.56 Å². The van der Waals surface area contributed by atoms with Crippen LogP contribution in [-0.2, 0) is 0 Å². The minimum atomic E-state index is -1.09. The molecule has 0 bridgehead atoms. The van der Waals surface area contributed by atoms with Crippen molar-refractivity contribution in [2.45, 2.75) is 18.9 Å². The lowest BCUT2D eigenvalue weighted by molar-refractivity contribution is 0.0696. The summed E-state index contributed by atoms with van der Waals surface area (Å²) >= 11 is 0. The number of nitrogens with zero attached hydrogens (tertiary/aromatic N) is 4. The van der Waals surface area contributed by atoms with E-state index in [4.69, 9.17) is 5.11 Å². The second kappa shape index (κ2) is 7.03. The molecule has 0 radical (unpaired) electrons. The van der Waals surface area contributed by atoms with E-state index in [1.54, 1.807) is 18.5 Å². The molecule has 1 aliphatic heterocycles. The zero-order chi connectivity index (χ0) is 16.9. The number of carboxylic acids is 1. The molecule has 8 nitrogen and oxygen atoms in total. The van der Waals surface area contributed by atoms with Crippen molar-refractivity contribution in [3.63, 3.8) is 0 Å². The molecule has 0 spiro atoms. The van der Waals surface area contributed by atoms with Crippen molar-refractivity contribution < 1.29 is 14.7 Å². The fourth-order valence-electron chi connectivity index (χ4n) is 2.68. The summed E-state index contributed by atoms with van der Waals surface area (Å²) < 4.78 is 0. The van der Waals surface area contributed by atoms with Crippen molar-refractivity contribution in [3.8, 4) is 0 Å². The predicted molar refractivity (Wildman–Crippen MR) is 85.9 cm³/mol. The van der Waals surface area contributed by atoms with Crippen molar-refractivity contribution in [2.75, 3.05) is 18.0 Å². The normalized spacial score (nSPS) is 17.3. The third kappa shape index (κ3) is 3.65. The van der Waals surface area contributed by atoms with Gasteiger partial charge in [0.1, 0.15) is 5.69 Å². The Labute approximate surface area is 138 Å². The predicted octanol–water partition coefficient (Wildman–Crippen LogP) is 0.969. The first-order chi connectivity index (χ1) is 11.6. The number of carbonyl (C=O) groups excluding carboxylic acids is 1. The first kappa shape index (κ1) is 15.9.